The lowest BCUT2D eigenvalue weighted by Crippen LogP contribution is -2.57. The van der Waals surface area contributed by atoms with Crippen LogP contribution < -0.4 is 10.6 Å². The Labute approximate surface area is 160 Å². The number of rotatable bonds is 6. The summed E-state index contributed by atoms with van der Waals surface area (Å²) in [5.41, 5.74) is 4.10. The Morgan fingerprint density at radius 3 is 2.73 bits per heavy atom. The van der Waals surface area contributed by atoms with Gasteiger partial charge in [0.05, 0.1) is 0 Å². The Balaban J connectivity index is 1.56. The molecule has 1 aromatic carbocycles. The van der Waals surface area contributed by atoms with E-state index in [0.29, 0.717) is 6.54 Å². The van der Waals surface area contributed by atoms with Gasteiger partial charge < -0.3 is 15.5 Å². The van der Waals surface area contributed by atoms with Crippen molar-refractivity contribution in [3.05, 3.63) is 57.8 Å². The second kappa shape index (κ2) is 8.23. The highest BCUT2D eigenvalue weighted by Crippen LogP contribution is 2.31. The average molecular weight is 372 g/mol. The van der Waals surface area contributed by atoms with Crippen molar-refractivity contribution in [2.75, 3.05) is 20.6 Å². The predicted octanol–water partition coefficient (Wildman–Crippen LogP) is 3.47. The number of thiophene rings is 1. The summed E-state index contributed by atoms with van der Waals surface area (Å²) in [5.74, 6) is 0. The van der Waals surface area contributed by atoms with Crippen molar-refractivity contribution in [3.8, 4) is 0 Å². The van der Waals surface area contributed by atoms with Crippen molar-refractivity contribution in [1.29, 1.82) is 0 Å². The zero-order valence-corrected chi connectivity index (χ0v) is 16.7. The molecule has 3 rings (SSSR count). The zero-order valence-electron chi connectivity index (χ0n) is 15.9. The van der Waals surface area contributed by atoms with Gasteiger partial charge in [-0.15, -0.1) is 0 Å². The molecular weight excluding hydrogens is 342 g/mol. The molecule has 0 bridgehead atoms. The van der Waals surface area contributed by atoms with Gasteiger partial charge in [-0.25, -0.2) is 4.79 Å². The van der Waals surface area contributed by atoms with Gasteiger partial charge in [0, 0.05) is 18.1 Å². The molecule has 1 aromatic heterocycles. The van der Waals surface area contributed by atoms with Crippen LogP contribution in [0.15, 0.2) is 41.1 Å². The number of amides is 2. The predicted molar refractivity (Wildman–Crippen MR) is 109 cm³/mol. The SMILES string of the molecule is CC(Cc1ccsc1)NC(=O)NC[C@]1(N(C)C)CCc2ccccc2C1. The highest BCUT2D eigenvalue weighted by molar-refractivity contribution is 7.07. The summed E-state index contributed by atoms with van der Waals surface area (Å²) < 4.78 is 0. The van der Waals surface area contributed by atoms with Gasteiger partial charge in [-0.1, -0.05) is 24.3 Å². The number of hydrogen-bond acceptors (Lipinski definition) is 3. The summed E-state index contributed by atoms with van der Waals surface area (Å²) >= 11 is 1.69. The molecule has 0 fully saturated rings. The third-order valence-corrected chi connectivity index (χ3v) is 6.26. The van der Waals surface area contributed by atoms with E-state index in [2.05, 4.69) is 77.6 Å². The van der Waals surface area contributed by atoms with Crippen LogP contribution >= 0.6 is 11.3 Å². The Kier molecular flexibility index (Phi) is 5.99. The van der Waals surface area contributed by atoms with Gasteiger partial charge in [-0.2, -0.15) is 11.3 Å². The molecule has 0 aliphatic heterocycles. The molecule has 0 saturated carbocycles. The molecule has 2 N–H and O–H groups in total. The van der Waals surface area contributed by atoms with Crippen molar-refractivity contribution in [3.63, 3.8) is 0 Å². The minimum absolute atomic E-state index is 0.0255. The Morgan fingerprint density at radius 2 is 2.04 bits per heavy atom. The van der Waals surface area contributed by atoms with E-state index >= 15 is 0 Å². The quantitative estimate of drug-likeness (QED) is 0.817. The van der Waals surface area contributed by atoms with Gasteiger partial charge in [0.25, 0.3) is 0 Å². The minimum atomic E-state index is -0.0761. The van der Waals surface area contributed by atoms with Gasteiger partial charge >= 0.3 is 6.03 Å². The molecule has 26 heavy (non-hydrogen) atoms. The molecule has 140 valence electrons. The molecule has 5 heteroatoms. The molecule has 1 heterocycles. The summed E-state index contributed by atoms with van der Waals surface area (Å²) in [6, 6.07) is 10.8. The molecular formula is C21H29N3OS. The number of nitrogens with zero attached hydrogens (tertiary/aromatic N) is 1. The molecule has 0 radical (unpaired) electrons. The number of aryl methyl sites for hydroxylation is 1. The highest BCUT2D eigenvalue weighted by Gasteiger charge is 2.36. The first-order chi connectivity index (χ1) is 12.5. The van der Waals surface area contributed by atoms with Gasteiger partial charge in [0.15, 0.2) is 0 Å². The van der Waals surface area contributed by atoms with Crippen molar-refractivity contribution in [2.45, 2.75) is 44.2 Å². The first-order valence-electron chi connectivity index (χ1n) is 9.28. The van der Waals surface area contributed by atoms with E-state index in [1.54, 1.807) is 11.3 Å². The van der Waals surface area contributed by atoms with Crippen molar-refractivity contribution >= 4 is 17.4 Å². The third kappa shape index (κ3) is 4.46. The van der Waals surface area contributed by atoms with Gasteiger partial charge in [0.2, 0.25) is 0 Å². The van der Waals surface area contributed by atoms with Crippen LogP contribution in [0.2, 0.25) is 0 Å². The maximum atomic E-state index is 12.4. The average Bonchev–Trinajstić information content (AvgIpc) is 3.12. The first kappa shape index (κ1) is 18.9. The van der Waals surface area contributed by atoms with Crippen molar-refractivity contribution in [1.82, 2.24) is 15.5 Å². The van der Waals surface area contributed by atoms with E-state index in [9.17, 15) is 4.79 Å². The Bertz CT molecular complexity index is 729. The number of fused-ring (bicyclic) bond motifs is 1. The number of carbonyl (C=O) groups excluding carboxylic acids is 1. The van der Waals surface area contributed by atoms with E-state index in [-0.39, 0.29) is 17.6 Å². The lowest BCUT2D eigenvalue weighted by molar-refractivity contribution is 0.129. The van der Waals surface area contributed by atoms with E-state index in [1.807, 2.05) is 0 Å². The fourth-order valence-electron chi connectivity index (χ4n) is 3.81. The summed E-state index contributed by atoms with van der Waals surface area (Å²) in [6.07, 6.45) is 3.96. The van der Waals surface area contributed by atoms with E-state index in [4.69, 9.17) is 0 Å². The van der Waals surface area contributed by atoms with E-state index in [0.717, 1.165) is 25.7 Å². The standard InChI is InChI=1S/C21H29N3OS/c1-16(12-17-9-11-26-14-17)23-20(25)22-15-21(24(2)3)10-8-18-6-4-5-7-19(18)13-21/h4-7,9,11,14,16H,8,10,12-13,15H2,1-3H3,(H2,22,23,25)/t16?,21-/m0/s1. The van der Waals surface area contributed by atoms with Crippen LogP contribution in [0.3, 0.4) is 0 Å². The van der Waals surface area contributed by atoms with Crippen LogP contribution in [0.5, 0.6) is 0 Å². The largest absolute Gasteiger partial charge is 0.336 e. The van der Waals surface area contributed by atoms with Crippen LogP contribution in [0.1, 0.15) is 30.0 Å². The smallest absolute Gasteiger partial charge is 0.315 e. The summed E-state index contributed by atoms with van der Waals surface area (Å²) in [5, 5.41) is 10.4. The van der Waals surface area contributed by atoms with Crippen LogP contribution in [-0.4, -0.2) is 43.2 Å². The molecule has 0 saturated heterocycles. The monoisotopic (exact) mass is 371 g/mol. The number of hydrogen-bond donors (Lipinski definition) is 2. The van der Waals surface area contributed by atoms with Crippen molar-refractivity contribution in [2.24, 2.45) is 0 Å². The van der Waals surface area contributed by atoms with Crippen LogP contribution in [-0.2, 0) is 19.3 Å². The molecule has 2 aromatic rings. The topological polar surface area (TPSA) is 44.4 Å². The van der Waals surface area contributed by atoms with Crippen molar-refractivity contribution < 1.29 is 4.79 Å². The molecule has 2 amide bonds. The number of likely N-dealkylation sites (N-methyl/N-ethyl adjacent to an activating group) is 1. The Morgan fingerprint density at radius 1 is 1.27 bits per heavy atom. The molecule has 0 spiro atoms. The summed E-state index contributed by atoms with van der Waals surface area (Å²) in [6.45, 7) is 2.71. The lowest BCUT2D eigenvalue weighted by Gasteiger charge is -2.43. The second-order valence-corrected chi connectivity index (χ2v) is 8.41. The molecule has 1 aliphatic rings. The molecule has 4 nitrogen and oxygen atoms in total. The Hall–Kier alpha value is -1.85. The molecule has 1 aliphatic carbocycles. The summed E-state index contributed by atoms with van der Waals surface area (Å²) in [7, 11) is 4.24. The zero-order chi connectivity index (χ0) is 18.6. The number of benzene rings is 1. The fraction of sp³-hybridized carbons (Fsp3) is 0.476. The molecule has 1 unspecified atom stereocenters. The second-order valence-electron chi connectivity index (χ2n) is 7.63. The number of nitrogens with one attached hydrogen (secondary N) is 2. The van der Waals surface area contributed by atoms with Gasteiger partial charge in [0.1, 0.15) is 0 Å². The van der Waals surface area contributed by atoms with Gasteiger partial charge in [-0.05, 0) is 80.2 Å². The lowest BCUT2D eigenvalue weighted by atomic mass is 9.77. The highest BCUT2D eigenvalue weighted by atomic mass is 32.1. The number of urea groups is 1. The minimum Gasteiger partial charge on any atom is -0.336 e. The third-order valence-electron chi connectivity index (χ3n) is 5.52. The van der Waals surface area contributed by atoms with Crippen LogP contribution in [0.25, 0.3) is 0 Å². The van der Waals surface area contributed by atoms with Gasteiger partial charge in [-0.3, -0.25) is 0 Å². The maximum Gasteiger partial charge on any atom is 0.315 e. The normalized spacial score (nSPS) is 20.5. The first-order valence-corrected chi connectivity index (χ1v) is 10.2. The fourth-order valence-corrected chi connectivity index (χ4v) is 4.49. The maximum absolute atomic E-state index is 12.4. The van der Waals surface area contributed by atoms with E-state index in [1.165, 1.54) is 16.7 Å². The van der Waals surface area contributed by atoms with Crippen LogP contribution in [0, 0.1) is 0 Å². The number of carbonyl (C=O) groups is 1. The van der Waals surface area contributed by atoms with Crippen LogP contribution in [0.4, 0.5) is 4.79 Å². The van der Waals surface area contributed by atoms with E-state index < -0.39 is 0 Å². The summed E-state index contributed by atoms with van der Waals surface area (Å²) in [4.78, 5) is 14.7. The molecule has 2 atom stereocenters.